The van der Waals surface area contributed by atoms with E-state index in [2.05, 4.69) is 11.8 Å². The van der Waals surface area contributed by atoms with Crippen molar-refractivity contribution < 1.29 is 4.79 Å². The maximum absolute atomic E-state index is 11.1. The second-order valence-electron chi connectivity index (χ2n) is 3.30. The highest BCUT2D eigenvalue weighted by Gasteiger charge is 2.26. The van der Waals surface area contributed by atoms with Crippen LogP contribution in [0.15, 0.2) is 0 Å². The van der Waals surface area contributed by atoms with Crippen molar-refractivity contribution in [2.45, 2.75) is 39.2 Å². The fourth-order valence-corrected chi connectivity index (χ4v) is 1.84. The van der Waals surface area contributed by atoms with Gasteiger partial charge in [0.15, 0.2) is 0 Å². The summed E-state index contributed by atoms with van der Waals surface area (Å²) in [6.45, 7) is 6.08. The zero-order valence-electron chi connectivity index (χ0n) is 7.47. The molecule has 2 nitrogen and oxygen atoms in total. The van der Waals surface area contributed by atoms with Gasteiger partial charge in [0.1, 0.15) is 5.78 Å². The first-order valence-electron chi connectivity index (χ1n) is 4.50. The highest BCUT2D eigenvalue weighted by molar-refractivity contribution is 5.81. The summed E-state index contributed by atoms with van der Waals surface area (Å²) in [4.78, 5) is 13.4. The molecule has 1 aliphatic rings. The minimum Gasteiger partial charge on any atom is -0.298 e. The lowest BCUT2D eigenvalue weighted by Gasteiger charge is -2.20. The van der Waals surface area contributed by atoms with Crippen LogP contribution in [0.5, 0.6) is 0 Å². The largest absolute Gasteiger partial charge is 0.298 e. The zero-order chi connectivity index (χ0) is 8.27. The fraction of sp³-hybridized carbons (Fsp3) is 0.889. The molecule has 1 rings (SSSR count). The smallest absolute Gasteiger partial charge is 0.146 e. The van der Waals surface area contributed by atoms with E-state index in [1.165, 1.54) is 6.42 Å². The van der Waals surface area contributed by atoms with Gasteiger partial charge in [-0.05, 0) is 39.3 Å². The van der Waals surface area contributed by atoms with Gasteiger partial charge in [-0.15, -0.1) is 0 Å². The van der Waals surface area contributed by atoms with E-state index in [-0.39, 0.29) is 6.04 Å². The van der Waals surface area contributed by atoms with Crippen molar-refractivity contribution in [1.29, 1.82) is 0 Å². The van der Waals surface area contributed by atoms with Crippen LogP contribution < -0.4 is 0 Å². The molecular weight excluding hydrogens is 138 g/mol. The van der Waals surface area contributed by atoms with Crippen LogP contribution in [0.3, 0.4) is 0 Å². The molecule has 1 fully saturated rings. The highest BCUT2D eigenvalue weighted by Crippen LogP contribution is 2.17. The Balaban J connectivity index is 2.44. The summed E-state index contributed by atoms with van der Waals surface area (Å²) >= 11 is 0. The molecule has 11 heavy (non-hydrogen) atoms. The van der Waals surface area contributed by atoms with Gasteiger partial charge in [0.25, 0.3) is 0 Å². The van der Waals surface area contributed by atoms with Gasteiger partial charge in [-0.1, -0.05) is 6.92 Å². The Labute approximate surface area is 68.6 Å². The third-order valence-electron chi connectivity index (χ3n) is 2.34. The molecule has 1 saturated heterocycles. The Kier molecular flexibility index (Phi) is 3.06. The normalized spacial score (nSPS) is 25.8. The molecule has 0 aromatic rings. The number of carbonyl (C=O) groups excluding carboxylic acids is 1. The van der Waals surface area contributed by atoms with Crippen LogP contribution in [0, 0.1) is 0 Å². The lowest BCUT2D eigenvalue weighted by atomic mass is 10.1. The molecule has 1 atom stereocenters. The molecule has 0 spiro atoms. The molecule has 0 amide bonds. The van der Waals surface area contributed by atoms with Crippen LogP contribution in [0.1, 0.15) is 33.1 Å². The summed E-state index contributed by atoms with van der Waals surface area (Å²) in [6, 6.07) is 0.245. The lowest BCUT2D eigenvalue weighted by Crippen LogP contribution is -2.35. The maximum atomic E-state index is 11.1. The summed E-state index contributed by atoms with van der Waals surface area (Å²) in [5, 5.41) is 0. The maximum Gasteiger partial charge on any atom is 0.146 e. The third-order valence-corrected chi connectivity index (χ3v) is 2.34. The Bertz CT molecular complexity index is 144. The van der Waals surface area contributed by atoms with Gasteiger partial charge in [-0.25, -0.2) is 0 Å². The first kappa shape index (κ1) is 8.72. The molecule has 0 radical (unpaired) electrons. The topological polar surface area (TPSA) is 20.3 Å². The molecule has 0 saturated carbocycles. The van der Waals surface area contributed by atoms with E-state index in [1.54, 1.807) is 6.92 Å². The number of carbonyl (C=O) groups is 1. The van der Waals surface area contributed by atoms with Crippen LogP contribution >= 0.6 is 0 Å². The number of nitrogens with zero attached hydrogens (tertiary/aromatic N) is 1. The van der Waals surface area contributed by atoms with Crippen molar-refractivity contribution in [2.24, 2.45) is 0 Å². The van der Waals surface area contributed by atoms with Crippen molar-refractivity contribution in [2.75, 3.05) is 13.1 Å². The van der Waals surface area contributed by atoms with Crippen molar-refractivity contribution in [1.82, 2.24) is 4.90 Å². The number of hydrogen-bond acceptors (Lipinski definition) is 2. The first-order valence-corrected chi connectivity index (χ1v) is 4.50. The van der Waals surface area contributed by atoms with Crippen LogP contribution in [-0.4, -0.2) is 29.8 Å². The average Bonchev–Trinajstić information content (AvgIpc) is 2.36. The Morgan fingerprint density at radius 1 is 1.64 bits per heavy atom. The molecule has 2 heteroatoms. The standard InChI is InChI=1S/C9H17NO/c1-3-6-10-7-4-5-9(10)8(2)11/h9H,3-7H2,1-2H3/t9-/m1/s1. The zero-order valence-corrected chi connectivity index (χ0v) is 7.47. The minimum absolute atomic E-state index is 0.245. The van der Waals surface area contributed by atoms with E-state index in [9.17, 15) is 4.79 Å². The molecule has 0 N–H and O–H groups in total. The number of hydrogen-bond donors (Lipinski definition) is 0. The summed E-state index contributed by atoms with van der Waals surface area (Å²) in [6.07, 6.45) is 3.43. The molecule has 0 aromatic heterocycles. The average molecular weight is 155 g/mol. The second kappa shape index (κ2) is 3.86. The van der Waals surface area contributed by atoms with Crippen molar-refractivity contribution in [3.8, 4) is 0 Å². The molecule has 0 aromatic carbocycles. The van der Waals surface area contributed by atoms with E-state index in [0.717, 1.165) is 25.9 Å². The predicted octanol–water partition coefficient (Wildman–Crippen LogP) is 1.45. The minimum atomic E-state index is 0.245. The summed E-state index contributed by atoms with van der Waals surface area (Å²) in [7, 11) is 0. The first-order chi connectivity index (χ1) is 5.25. The van der Waals surface area contributed by atoms with Gasteiger partial charge in [0, 0.05) is 0 Å². The summed E-state index contributed by atoms with van der Waals surface area (Å²) in [5.41, 5.74) is 0. The number of Topliss-reactive ketones (excluding diaryl/α,β-unsaturated/α-hetero) is 1. The van der Waals surface area contributed by atoms with Gasteiger partial charge >= 0.3 is 0 Å². The SMILES string of the molecule is CCCN1CCC[C@@H]1C(C)=O. The molecule has 0 unspecified atom stereocenters. The van der Waals surface area contributed by atoms with E-state index in [4.69, 9.17) is 0 Å². The van der Waals surface area contributed by atoms with Gasteiger partial charge in [0.05, 0.1) is 6.04 Å². The molecule has 0 bridgehead atoms. The molecule has 1 aliphatic heterocycles. The van der Waals surface area contributed by atoms with Crippen molar-refractivity contribution in [3.63, 3.8) is 0 Å². The van der Waals surface area contributed by atoms with Crippen molar-refractivity contribution >= 4 is 5.78 Å². The van der Waals surface area contributed by atoms with Crippen LogP contribution in [-0.2, 0) is 4.79 Å². The van der Waals surface area contributed by atoms with Gasteiger partial charge < -0.3 is 0 Å². The van der Waals surface area contributed by atoms with E-state index >= 15 is 0 Å². The number of rotatable bonds is 3. The monoisotopic (exact) mass is 155 g/mol. The van der Waals surface area contributed by atoms with E-state index in [1.807, 2.05) is 0 Å². The van der Waals surface area contributed by atoms with Crippen LogP contribution in [0.2, 0.25) is 0 Å². The Morgan fingerprint density at radius 3 is 2.91 bits per heavy atom. The quantitative estimate of drug-likeness (QED) is 0.615. The van der Waals surface area contributed by atoms with Crippen molar-refractivity contribution in [3.05, 3.63) is 0 Å². The van der Waals surface area contributed by atoms with Crippen LogP contribution in [0.4, 0.5) is 0 Å². The van der Waals surface area contributed by atoms with Gasteiger partial charge in [-0.3, -0.25) is 9.69 Å². The van der Waals surface area contributed by atoms with Gasteiger partial charge in [-0.2, -0.15) is 0 Å². The molecule has 64 valence electrons. The summed E-state index contributed by atoms with van der Waals surface area (Å²) < 4.78 is 0. The lowest BCUT2D eigenvalue weighted by molar-refractivity contribution is -0.121. The van der Waals surface area contributed by atoms with E-state index in [0.29, 0.717) is 5.78 Å². The highest BCUT2D eigenvalue weighted by atomic mass is 16.1. The molecule has 1 heterocycles. The molecule has 0 aliphatic carbocycles. The Morgan fingerprint density at radius 2 is 2.36 bits per heavy atom. The number of ketones is 1. The Hall–Kier alpha value is -0.370. The fourth-order valence-electron chi connectivity index (χ4n) is 1.84. The van der Waals surface area contributed by atoms with E-state index < -0.39 is 0 Å². The summed E-state index contributed by atoms with van der Waals surface area (Å²) in [5.74, 6) is 0.343. The number of likely N-dealkylation sites (tertiary alicyclic amines) is 1. The third kappa shape index (κ3) is 2.03. The second-order valence-corrected chi connectivity index (χ2v) is 3.30. The van der Waals surface area contributed by atoms with Crippen LogP contribution in [0.25, 0.3) is 0 Å². The molecular formula is C9H17NO. The predicted molar refractivity (Wildman–Crippen MR) is 45.6 cm³/mol. The van der Waals surface area contributed by atoms with Gasteiger partial charge in [0.2, 0.25) is 0 Å².